The molecule has 1 aliphatic heterocycles. The predicted molar refractivity (Wildman–Crippen MR) is 85.2 cm³/mol. The molecule has 0 saturated heterocycles. The molecule has 1 aromatic heterocycles. The minimum atomic E-state index is -0.649. The van der Waals surface area contributed by atoms with Crippen molar-refractivity contribution in [3.05, 3.63) is 48.3 Å². The number of carbonyl (C=O) groups excluding carboxylic acids is 2. The van der Waals surface area contributed by atoms with Gasteiger partial charge in [0.2, 0.25) is 0 Å². The summed E-state index contributed by atoms with van der Waals surface area (Å²) in [5.41, 5.74) is 0.694. The van der Waals surface area contributed by atoms with E-state index in [1.165, 1.54) is 12.3 Å². The zero-order chi connectivity index (χ0) is 16.8. The third-order valence-electron chi connectivity index (χ3n) is 3.24. The molecule has 1 amide bonds. The first kappa shape index (κ1) is 15.8. The van der Waals surface area contributed by atoms with Gasteiger partial charge in [0, 0.05) is 24.4 Å². The van der Waals surface area contributed by atoms with Gasteiger partial charge in [0.1, 0.15) is 5.69 Å². The van der Waals surface area contributed by atoms with Crippen LogP contribution >= 0.6 is 0 Å². The van der Waals surface area contributed by atoms with Crippen LogP contribution < -0.4 is 14.8 Å². The molecule has 0 spiro atoms. The molecule has 1 aliphatic rings. The number of pyridine rings is 1. The lowest BCUT2D eigenvalue weighted by Gasteiger charge is -2.10. The zero-order valence-corrected chi connectivity index (χ0v) is 12.9. The summed E-state index contributed by atoms with van der Waals surface area (Å²) in [6.07, 6.45) is 2.29. The quantitative estimate of drug-likeness (QED) is 0.864. The molecule has 7 heteroatoms. The number of ether oxygens (including phenoxy) is 3. The Morgan fingerprint density at radius 1 is 1.12 bits per heavy atom. The molecule has 0 bridgehead atoms. The molecule has 0 saturated carbocycles. The van der Waals surface area contributed by atoms with Crippen LogP contribution in [0.15, 0.2) is 42.6 Å². The maximum atomic E-state index is 11.9. The molecule has 124 valence electrons. The van der Waals surface area contributed by atoms with E-state index in [1.54, 1.807) is 30.3 Å². The van der Waals surface area contributed by atoms with Gasteiger partial charge in [-0.3, -0.25) is 4.79 Å². The number of carbonyl (C=O) groups is 2. The van der Waals surface area contributed by atoms with Crippen LogP contribution in [0.25, 0.3) is 0 Å². The van der Waals surface area contributed by atoms with Crippen LogP contribution in [-0.4, -0.2) is 36.7 Å². The smallest absolute Gasteiger partial charge is 0.357 e. The minimum Gasteiger partial charge on any atom is -0.490 e. The highest BCUT2D eigenvalue weighted by molar-refractivity contribution is 5.95. The summed E-state index contributed by atoms with van der Waals surface area (Å²) in [6, 6.07) is 9.99. The molecule has 24 heavy (non-hydrogen) atoms. The molecule has 0 fully saturated rings. The summed E-state index contributed by atoms with van der Waals surface area (Å²) in [5, 5.41) is 2.65. The highest BCUT2D eigenvalue weighted by Gasteiger charge is 2.14. The van der Waals surface area contributed by atoms with Gasteiger partial charge in [-0.2, -0.15) is 0 Å². The molecule has 1 N–H and O–H groups in total. The summed E-state index contributed by atoms with van der Waals surface area (Å²) < 4.78 is 16.0. The molecular weight excluding hydrogens is 312 g/mol. The molecule has 3 rings (SSSR count). The molecule has 2 aromatic rings. The van der Waals surface area contributed by atoms with Crippen LogP contribution in [0, 0.1) is 0 Å². The van der Waals surface area contributed by atoms with Crippen molar-refractivity contribution in [2.45, 2.75) is 6.42 Å². The molecule has 0 atom stereocenters. The van der Waals surface area contributed by atoms with Gasteiger partial charge in [-0.15, -0.1) is 0 Å². The number of anilines is 1. The topological polar surface area (TPSA) is 86.8 Å². The minimum absolute atomic E-state index is 0.154. The zero-order valence-electron chi connectivity index (χ0n) is 12.9. The first-order chi connectivity index (χ1) is 11.7. The SMILES string of the molecule is O=C(COC(=O)c1ccccn1)Nc1ccc2c(c1)OCCCO2. The van der Waals surface area contributed by atoms with E-state index in [-0.39, 0.29) is 5.69 Å². The van der Waals surface area contributed by atoms with Crippen molar-refractivity contribution >= 4 is 17.6 Å². The molecule has 0 aliphatic carbocycles. The largest absolute Gasteiger partial charge is 0.490 e. The van der Waals surface area contributed by atoms with Gasteiger partial charge < -0.3 is 19.5 Å². The molecule has 2 heterocycles. The van der Waals surface area contributed by atoms with Crippen molar-refractivity contribution < 1.29 is 23.8 Å². The third-order valence-corrected chi connectivity index (χ3v) is 3.24. The van der Waals surface area contributed by atoms with E-state index in [2.05, 4.69) is 10.3 Å². The van der Waals surface area contributed by atoms with Crippen LogP contribution in [0.2, 0.25) is 0 Å². The molecule has 1 aromatic carbocycles. The van der Waals surface area contributed by atoms with E-state index < -0.39 is 18.5 Å². The van der Waals surface area contributed by atoms with Gasteiger partial charge in [-0.05, 0) is 24.3 Å². The van der Waals surface area contributed by atoms with Gasteiger partial charge in [0.05, 0.1) is 13.2 Å². The predicted octanol–water partition coefficient (Wildman–Crippen LogP) is 2.04. The number of hydrogen-bond donors (Lipinski definition) is 1. The van der Waals surface area contributed by atoms with Gasteiger partial charge in [0.25, 0.3) is 5.91 Å². The van der Waals surface area contributed by atoms with E-state index >= 15 is 0 Å². The molecule has 7 nitrogen and oxygen atoms in total. The first-order valence-electron chi connectivity index (χ1n) is 7.50. The Kier molecular flexibility index (Phi) is 4.90. The second kappa shape index (κ2) is 7.45. The van der Waals surface area contributed by atoms with Crippen molar-refractivity contribution in [2.75, 3.05) is 25.1 Å². The standard InChI is InChI=1S/C17H16N2O5/c20-16(11-24-17(21)13-4-1-2-7-18-13)19-12-5-6-14-15(10-12)23-9-3-8-22-14/h1-2,4-7,10H,3,8-9,11H2,(H,19,20). The molecule has 0 unspecified atom stereocenters. The fourth-order valence-corrected chi connectivity index (χ4v) is 2.13. The number of nitrogens with zero attached hydrogens (tertiary/aromatic N) is 1. The number of fused-ring (bicyclic) bond motifs is 1. The Balaban J connectivity index is 1.55. The van der Waals surface area contributed by atoms with Crippen molar-refractivity contribution in [3.63, 3.8) is 0 Å². The van der Waals surface area contributed by atoms with Gasteiger partial charge in [0.15, 0.2) is 18.1 Å². The third kappa shape index (κ3) is 4.01. The maximum absolute atomic E-state index is 11.9. The Morgan fingerprint density at radius 3 is 2.75 bits per heavy atom. The summed E-state index contributed by atoms with van der Waals surface area (Å²) in [6.45, 7) is 0.762. The van der Waals surface area contributed by atoms with Gasteiger partial charge in [-0.1, -0.05) is 6.07 Å². The Labute approximate surface area is 138 Å². The van der Waals surface area contributed by atoms with Crippen molar-refractivity contribution in [1.82, 2.24) is 4.98 Å². The van der Waals surface area contributed by atoms with Crippen LogP contribution in [0.3, 0.4) is 0 Å². The lowest BCUT2D eigenvalue weighted by atomic mass is 10.2. The molecular formula is C17H16N2O5. The number of amides is 1. The average Bonchev–Trinajstić information content (AvgIpc) is 2.85. The summed E-state index contributed by atoms with van der Waals surface area (Å²) in [4.78, 5) is 27.5. The summed E-state index contributed by atoms with van der Waals surface area (Å²) in [7, 11) is 0. The van der Waals surface area contributed by atoms with Gasteiger partial charge in [-0.25, -0.2) is 9.78 Å². The van der Waals surface area contributed by atoms with Crippen molar-refractivity contribution in [3.8, 4) is 11.5 Å². The highest BCUT2D eigenvalue weighted by atomic mass is 16.5. The van der Waals surface area contributed by atoms with E-state index in [9.17, 15) is 9.59 Å². The summed E-state index contributed by atoms with van der Waals surface area (Å²) >= 11 is 0. The number of benzene rings is 1. The Bertz CT molecular complexity index is 733. The Morgan fingerprint density at radius 2 is 1.96 bits per heavy atom. The van der Waals surface area contributed by atoms with Crippen LogP contribution in [0.1, 0.15) is 16.9 Å². The first-order valence-corrected chi connectivity index (χ1v) is 7.50. The number of rotatable bonds is 4. The van der Waals surface area contributed by atoms with Crippen LogP contribution in [0.4, 0.5) is 5.69 Å². The number of esters is 1. The summed E-state index contributed by atoms with van der Waals surface area (Å²) in [5.74, 6) is 0.126. The van der Waals surface area contributed by atoms with E-state index in [0.717, 1.165) is 6.42 Å². The van der Waals surface area contributed by atoms with E-state index in [4.69, 9.17) is 14.2 Å². The number of nitrogens with one attached hydrogen (secondary N) is 1. The van der Waals surface area contributed by atoms with Crippen LogP contribution in [-0.2, 0) is 9.53 Å². The normalized spacial score (nSPS) is 12.8. The van der Waals surface area contributed by atoms with Crippen molar-refractivity contribution in [2.24, 2.45) is 0 Å². The van der Waals surface area contributed by atoms with E-state index in [1.807, 2.05) is 0 Å². The second-order valence-corrected chi connectivity index (χ2v) is 5.05. The average molecular weight is 328 g/mol. The monoisotopic (exact) mass is 328 g/mol. The fraction of sp³-hybridized carbons (Fsp3) is 0.235. The second-order valence-electron chi connectivity index (χ2n) is 5.05. The van der Waals surface area contributed by atoms with Crippen LogP contribution in [0.5, 0.6) is 11.5 Å². The molecule has 0 radical (unpaired) electrons. The lowest BCUT2D eigenvalue weighted by Crippen LogP contribution is -2.21. The van der Waals surface area contributed by atoms with Gasteiger partial charge >= 0.3 is 5.97 Å². The van der Waals surface area contributed by atoms with Crippen molar-refractivity contribution in [1.29, 1.82) is 0 Å². The van der Waals surface area contributed by atoms with E-state index in [0.29, 0.717) is 30.4 Å². The number of aromatic nitrogens is 1. The fourth-order valence-electron chi connectivity index (χ4n) is 2.13. The Hall–Kier alpha value is -3.09. The lowest BCUT2D eigenvalue weighted by molar-refractivity contribution is -0.119. The maximum Gasteiger partial charge on any atom is 0.357 e. The number of hydrogen-bond acceptors (Lipinski definition) is 6. The highest BCUT2D eigenvalue weighted by Crippen LogP contribution is 2.32.